The topological polar surface area (TPSA) is 86.8 Å². The van der Waals surface area contributed by atoms with E-state index in [1.54, 1.807) is 105 Å². The van der Waals surface area contributed by atoms with Crippen LogP contribution in [0.4, 0.5) is 13.2 Å². The van der Waals surface area contributed by atoms with E-state index in [4.69, 9.17) is 0 Å². The van der Waals surface area contributed by atoms with Gasteiger partial charge in [-0.25, -0.2) is 0 Å². The largest absolute Gasteiger partial charge is 0.452 e. The Bertz CT molecular complexity index is 1460. The standard InChI is InChI=1S/C32H30F3N3O4/c1-21(2)28-31(42)37(20-27(39)36-25(29(40)32(33,34)35)18-22-12-6-3-7-13-22)26(23-14-8-4-9-15-23)19-38(28)30(41)24-16-10-5-11-17-24/h3-17,19,21,25,28H,18,20H2,1-2H3,(H,36,39)/t25?,28-/m1/s1. The number of hydrogen-bond donors (Lipinski definition) is 1. The van der Waals surface area contributed by atoms with E-state index >= 15 is 0 Å². The number of halogens is 3. The number of Topliss-reactive ketones (excluding diaryl/α,β-unsaturated/α-hetero) is 1. The molecule has 0 aromatic heterocycles. The molecule has 0 radical (unpaired) electrons. The molecule has 10 heteroatoms. The lowest BCUT2D eigenvalue weighted by molar-refractivity contribution is -0.173. The average molecular weight is 578 g/mol. The Morgan fingerprint density at radius 2 is 1.40 bits per heavy atom. The lowest BCUT2D eigenvalue weighted by atomic mass is 9.96. The predicted molar refractivity (Wildman–Crippen MR) is 151 cm³/mol. The number of nitrogens with one attached hydrogen (secondary N) is 1. The van der Waals surface area contributed by atoms with E-state index in [2.05, 4.69) is 5.32 Å². The van der Waals surface area contributed by atoms with E-state index in [1.165, 1.54) is 11.1 Å². The van der Waals surface area contributed by atoms with Gasteiger partial charge in [-0.3, -0.25) is 24.1 Å². The van der Waals surface area contributed by atoms with Crippen molar-refractivity contribution in [3.8, 4) is 0 Å². The molecule has 1 N–H and O–H groups in total. The fourth-order valence-corrected chi connectivity index (χ4v) is 4.84. The third-order valence-corrected chi connectivity index (χ3v) is 6.84. The molecule has 0 saturated heterocycles. The highest BCUT2D eigenvalue weighted by molar-refractivity contribution is 6.04. The van der Waals surface area contributed by atoms with Gasteiger partial charge < -0.3 is 10.2 Å². The Morgan fingerprint density at radius 3 is 1.95 bits per heavy atom. The smallest absolute Gasteiger partial charge is 0.344 e. The first-order valence-corrected chi connectivity index (χ1v) is 13.4. The van der Waals surface area contributed by atoms with Gasteiger partial charge in [0.1, 0.15) is 18.6 Å². The molecule has 1 aliphatic rings. The van der Waals surface area contributed by atoms with Crippen LogP contribution in [0, 0.1) is 5.92 Å². The zero-order chi connectivity index (χ0) is 30.4. The fourth-order valence-electron chi connectivity index (χ4n) is 4.84. The summed E-state index contributed by atoms with van der Waals surface area (Å²) in [6.07, 6.45) is -4.07. The summed E-state index contributed by atoms with van der Waals surface area (Å²) in [5.41, 5.74) is 1.52. The van der Waals surface area contributed by atoms with Crippen LogP contribution in [-0.2, 0) is 20.8 Å². The Morgan fingerprint density at radius 1 is 0.857 bits per heavy atom. The molecule has 0 saturated carbocycles. The normalized spacial score (nSPS) is 16.2. The molecule has 2 atom stereocenters. The number of benzene rings is 3. The number of alkyl halides is 3. The van der Waals surface area contributed by atoms with Crippen molar-refractivity contribution in [2.75, 3.05) is 6.54 Å². The number of hydrogen-bond acceptors (Lipinski definition) is 4. The Balaban J connectivity index is 1.69. The van der Waals surface area contributed by atoms with Crippen LogP contribution in [0.1, 0.15) is 35.3 Å². The second kappa shape index (κ2) is 12.8. The van der Waals surface area contributed by atoms with Gasteiger partial charge in [-0.15, -0.1) is 0 Å². The van der Waals surface area contributed by atoms with Crippen LogP contribution in [0.15, 0.2) is 97.2 Å². The number of amides is 3. The first kappa shape index (κ1) is 30.2. The quantitative estimate of drug-likeness (QED) is 0.394. The molecule has 3 aromatic carbocycles. The molecule has 0 fully saturated rings. The second-order valence-electron chi connectivity index (χ2n) is 10.2. The van der Waals surface area contributed by atoms with Crippen molar-refractivity contribution < 1.29 is 32.3 Å². The maximum absolute atomic E-state index is 14.0. The molecular formula is C32H30F3N3O4. The first-order chi connectivity index (χ1) is 20.0. The molecule has 218 valence electrons. The minimum absolute atomic E-state index is 0.221. The van der Waals surface area contributed by atoms with Crippen molar-refractivity contribution in [3.63, 3.8) is 0 Å². The number of carbonyl (C=O) groups excluding carboxylic acids is 4. The molecular weight excluding hydrogens is 547 g/mol. The van der Waals surface area contributed by atoms with Crippen molar-refractivity contribution in [2.24, 2.45) is 5.92 Å². The van der Waals surface area contributed by atoms with Crippen molar-refractivity contribution in [1.82, 2.24) is 15.1 Å². The second-order valence-corrected chi connectivity index (χ2v) is 10.2. The number of rotatable bonds is 9. The number of ketones is 1. The molecule has 0 bridgehead atoms. The molecule has 0 aliphatic carbocycles. The third kappa shape index (κ3) is 6.94. The van der Waals surface area contributed by atoms with Gasteiger partial charge in [-0.1, -0.05) is 92.7 Å². The summed E-state index contributed by atoms with van der Waals surface area (Å²) < 4.78 is 40.3. The molecule has 7 nitrogen and oxygen atoms in total. The molecule has 0 spiro atoms. The van der Waals surface area contributed by atoms with Crippen molar-refractivity contribution in [2.45, 2.75) is 38.5 Å². The molecule has 3 aromatic rings. The Kier molecular flexibility index (Phi) is 9.25. The number of carbonyl (C=O) groups is 4. The van der Waals surface area contributed by atoms with Gasteiger partial charge in [0.2, 0.25) is 5.91 Å². The minimum Gasteiger partial charge on any atom is -0.344 e. The van der Waals surface area contributed by atoms with Crippen LogP contribution in [0.2, 0.25) is 0 Å². The van der Waals surface area contributed by atoms with E-state index < -0.39 is 48.3 Å². The number of nitrogens with zero attached hydrogens (tertiary/aromatic N) is 2. The average Bonchev–Trinajstić information content (AvgIpc) is 2.97. The molecule has 3 amide bonds. The zero-order valence-corrected chi connectivity index (χ0v) is 23.0. The summed E-state index contributed by atoms with van der Waals surface area (Å²) in [4.78, 5) is 55.5. The third-order valence-electron chi connectivity index (χ3n) is 6.84. The van der Waals surface area contributed by atoms with Gasteiger partial charge in [-0.2, -0.15) is 13.2 Å². The molecule has 42 heavy (non-hydrogen) atoms. The summed E-state index contributed by atoms with van der Waals surface area (Å²) in [5, 5.41) is 2.21. The maximum Gasteiger partial charge on any atom is 0.452 e. The van der Waals surface area contributed by atoms with Gasteiger partial charge in [0.25, 0.3) is 17.6 Å². The predicted octanol–water partition coefficient (Wildman–Crippen LogP) is 4.85. The van der Waals surface area contributed by atoms with E-state index in [0.29, 0.717) is 16.7 Å². The summed E-state index contributed by atoms with van der Waals surface area (Å²) in [6.45, 7) is 2.85. The molecule has 1 unspecified atom stereocenters. The first-order valence-electron chi connectivity index (χ1n) is 13.4. The van der Waals surface area contributed by atoms with E-state index in [9.17, 15) is 32.3 Å². The van der Waals surface area contributed by atoms with Crippen LogP contribution in [0.3, 0.4) is 0 Å². The van der Waals surface area contributed by atoms with Gasteiger partial charge in [0.15, 0.2) is 0 Å². The highest BCUT2D eigenvalue weighted by Crippen LogP contribution is 2.31. The Hall–Kier alpha value is -4.73. The minimum atomic E-state index is -5.18. The zero-order valence-electron chi connectivity index (χ0n) is 23.0. The monoisotopic (exact) mass is 577 g/mol. The van der Waals surface area contributed by atoms with Crippen LogP contribution in [-0.4, -0.2) is 58.1 Å². The van der Waals surface area contributed by atoms with Crippen molar-refractivity contribution in [1.29, 1.82) is 0 Å². The van der Waals surface area contributed by atoms with Gasteiger partial charge in [0, 0.05) is 18.2 Å². The van der Waals surface area contributed by atoms with Gasteiger partial charge in [-0.05, 0) is 29.2 Å². The Labute approximate surface area is 241 Å². The van der Waals surface area contributed by atoms with E-state index in [1.807, 2.05) is 0 Å². The van der Waals surface area contributed by atoms with E-state index in [-0.39, 0.29) is 18.0 Å². The van der Waals surface area contributed by atoms with Crippen LogP contribution >= 0.6 is 0 Å². The molecule has 1 aliphatic heterocycles. The van der Waals surface area contributed by atoms with E-state index in [0.717, 1.165) is 4.90 Å². The summed E-state index contributed by atoms with van der Waals surface area (Å²) in [6, 6.07) is 22.1. The van der Waals surface area contributed by atoms with Crippen LogP contribution in [0.25, 0.3) is 5.70 Å². The van der Waals surface area contributed by atoms with Crippen molar-refractivity contribution in [3.05, 3.63) is 114 Å². The van der Waals surface area contributed by atoms with Gasteiger partial charge >= 0.3 is 6.18 Å². The van der Waals surface area contributed by atoms with Crippen LogP contribution < -0.4 is 5.32 Å². The summed E-state index contributed by atoms with van der Waals surface area (Å²) in [5.74, 6) is -4.41. The summed E-state index contributed by atoms with van der Waals surface area (Å²) >= 11 is 0. The lowest BCUT2D eigenvalue weighted by Gasteiger charge is -2.41. The molecule has 1 heterocycles. The highest BCUT2D eigenvalue weighted by atomic mass is 19.4. The maximum atomic E-state index is 14.0. The fraction of sp³-hybridized carbons (Fsp3) is 0.250. The van der Waals surface area contributed by atoms with Crippen molar-refractivity contribution >= 4 is 29.2 Å². The summed E-state index contributed by atoms with van der Waals surface area (Å²) in [7, 11) is 0. The molecule has 4 rings (SSSR count). The van der Waals surface area contributed by atoms with Gasteiger partial charge in [0.05, 0.1) is 5.70 Å². The van der Waals surface area contributed by atoms with Crippen LogP contribution in [0.5, 0.6) is 0 Å². The lowest BCUT2D eigenvalue weighted by Crippen LogP contribution is -2.57. The SMILES string of the molecule is CC(C)[C@@H]1C(=O)N(CC(=O)NC(Cc2ccccc2)C(=O)C(F)(F)F)C(c2ccccc2)=CN1C(=O)c1ccccc1. The highest BCUT2D eigenvalue weighted by Gasteiger charge is 2.45.